The van der Waals surface area contributed by atoms with Crippen molar-refractivity contribution in [2.24, 2.45) is 0 Å². The molecule has 0 unspecified atom stereocenters. The van der Waals surface area contributed by atoms with Gasteiger partial charge in [0.05, 0.1) is 11.1 Å². The van der Waals surface area contributed by atoms with Crippen LogP contribution in [-0.4, -0.2) is 5.11 Å². The quantitative estimate of drug-likeness (QED) is 0.662. The second-order valence-electron chi connectivity index (χ2n) is 4.61. The van der Waals surface area contributed by atoms with Crippen LogP contribution in [0.3, 0.4) is 0 Å². The van der Waals surface area contributed by atoms with E-state index in [4.69, 9.17) is 21.4 Å². The van der Waals surface area contributed by atoms with E-state index in [1.807, 2.05) is 30.3 Å². The Labute approximate surface area is 136 Å². The van der Waals surface area contributed by atoms with Crippen molar-refractivity contribution in [2.75, 3.05) is 0 Å². The molecule has 0 heterocycles. The first-order chi connectivity index (χ1) is 10.2. The SMILES string of the molecule is OCc1ccc(Oc2ccc3ccccc3c2Br)cc1Cl. The molecule has 1 N–H and O–H groups in total. The maximum atomic E-state index is 9.13. The first kappa shape index (κ1) is 14.4. The minimum Gasteiger partial charge on any atom is -0.456 e. The van der Waals surface area contributed by atoms with E-state index >= 15 is 0 Å². The molecule has 0 aliphatic heterocycles. The van der Waals surface area contributed by atoms with Crippen molar-refractivity contribution in [1.82, 2.24) is 0 Å². The largest absolute Gasteiger partial charge is 0.456 e. The maximum absolute atomic E-state index is 9.13. The zero-order valence-corrected chi connectivity index (χ0v) is 13.4. The molecule has 0 amide bonds. The summed E-state index contributed by atoms with van der Waals surface area (Å²) < 4.78 is 6.79. The highest BCUT2D eigenvalue weighted by atomic mass is 79.9. The van der Waals surface area contributed by atoms with Gasteiger partial charge in [-0.15, -0.1) is 0 Å². The molecule has 0 atom stereocenters. The predicted octanol–water partition coefficient (Wildman–Crippen LogP) is 5.54. The van der Waals surface area contributed by atoms with Crippen molar-refractivity contribution in [1.29, 1.82) is 0 Å². The molecule has 0 fully saturated rings. The highest BCUT2D eigenvalue weighted by Gasteiger charge is 2.08. The van der Waals surface area contributed by atoms with Gasteiger partial charge in [-0.05, 0) is 50.5 Å². The van der Waals surface area contributed by atoms with E-state index in [-0.39, 0.29) is 6.61 Å². The van der Waals surface area contributed by atoms with Gasteiger partial charge in [0.15, 0.2) is 0 Å². The maximum Gasteiger partial charge on any atom is 0.142 e. The summed E-state index contributed by atoms with van der Waals surface area (Å²) >= 11 is 9.67. The lowest BCUT2D eigenvalue weighted by Crippen LogP contribution is -1.89. The number of hydrogen-bond acceptors (Lipinski definition) is 2. The fraction of sp³-hybridized carbons (Fsp3) is 0.0588. The molecule has 3 aromatic rings. The molecule has 0 saturated heterocycles. The Hall–Kier alpha value is -1.55. The lowest BCUT2D eigenvalue weighted by Gasteiger charge is -2.11. The number of ether oxygens (including phenoxy) is 1. The van der Waals surface area contributed by atoms with Gasteiger partial charge >= 0.3 is 0 Å². The minimum absolute atomic E-state index is 0.0845. The van der Waals surface area contributed by atoms with Crippen LogP contribution in [0.1, 0.15) is 5.56 Å². The second kappa shape index (κ2) is 6.06. The molecule has 21 heavy (non-hydrogen) atoms. The third kappa shape index (κ3) is 2.91. The molecule has 0 spiro atoms. The monoisotopic (exact) mass is 362 g/mol. The zero-order chi connectivity index (χ0) is 14.8. The Kier molecular flexibility index (Phi) is 4.15. The molecule has 4 heteroatoms. The Morgan fingerprint density at radius 1 is 1.05 bits per heavy atom. The lowest BCUT2D eigenvalue weighted by atomic mass is 10.1. The van der Waals surface area contributed by atoms with Crippen molar-refractivity contribution in [2.45, 2.75) is 6.61 Å². The molecule has 3 rings (SSSR count). The van der Waals surface area contributed by atoms with Gasteiger partial charge in [0.1, 0.15) is 11.5 Å². The summed E-state index contributed by atoms with van der Waals surface area (Å²) in [5.74, 6) is 1.36. The van der Waals surface area contributed by atoms with Crippen molar-refractivity contribution in [3.8, 4) is 11.5 Å². The third-order valence-corrected chi connectivity index (χ3v) is 4.42. The topological polar surface area (TPSA) is 29.5 Å². The number of aliphatic hydroxyl groups is 1. The summed E-state index contributed by atoms with van der Waals surface area (Å²) in [6.45, 7) is -0.0845. The summed E-state index contributed by atoms with van der Waals surface area (Å²) in [7, 11) is 0. The molecule has 106 valence electrons. The molecule has 0 bridgehead atoms. The molecule has 0 aliphatic rings. The number of benzene rings is 3. The van der Waals surface area contributed by atoms with Crippen LogP contribution in [-0.2, 0) is 6.61 Å². The van der Waals surface area contributed by atoms with E-state index in [0.29, 0.717) is 16.3 Å². The average Bonchev–Trinajstić information content (AvgIpc) is 2.51. The number of halogens is 2. The molecule has 0 aromatic heterocycles. The molecule has 2 nitrogen and oxygen atoms in total. The van der Waals surface area contributed by atoms with Crippen LogP contribution in [0.2, 0.25) is 5.02 Å². The first-order valence-corrected chi connectivity index (χ1v) is 7.60. The van der Waals surface area contributed by atoms with Crippen molar-refractivity contribution < 1.29 is 9.84 Å². The van der Waals surface area contributed by atoms with Gasteiger partial charge in [0.25, 0.3) is 0 Å². The van der Waals surface area contributed by atoms with Crippen LogP contribution in [0, 0.1) is 0 Å². The fourth-order valence-electron chi connectivity index (χ4n) is 2.14. The van der Waals surface area contributed by atoms with Crippen LogP contribution in [0.15, 0.2) is 59.1 Å². The van der Waals surface area contributed by atoms with E-state index in [1.165, 1.54) is 0 Å². The molecule has 0 aliphatic carbocycles. The highest BCUT2D eigenvalue weighted by Crippen LogP contribution is 2.36. The van der Waals surface area contributed by atoms with Crippen molar-refractivity contribution >= 4 is 38.3 Å². The zero-order valence-electron chi connectivity index (χ0n) is 11.0. The molecular weight excluding hydrogens is 352 g/mol. The van der Waals surface area contributed by atoms with Gasteiger partial charge in [-0.1, -0.05) is 48.0 Å². The Balaban J connectivity index is 1.98. The Bertz CT molecular complexity index is 802. The van der Waals surface area contributed by atoms with Crippen LogP contribution < -0.4 is 4.74 Å². The number of aliphatic hydroxyl groups excluding tert-OH is 1. The fourth-order valence-corrected chi connectivity index (χ4v) is 2.94. The lowest BCUT2D eigenvalue weighted by molar-refractivity contribution is 0.282. The van der Waals surface area contributed by atoms with Gasteiger partial charge in [-0.25, -0.2) is 0 Å². The number of rotatable bonds is 3. The Morgan fingerprint density at radius 2 is 1.86 bits per heavy atom. The standard InChI is InChI=1S/C17H12BrClO2/c18-17-14-4-2-1-3-11(14)6-8-16(17)21-13-7-5-12(10-20)15(19)9-13/h1-9,20H,10H2. The molecule has 0 saturated carbocycles. The smallest absolute Gasteiger partial charge is 0.142 e. The number of fused-ring (bicyclic) bond motifs is 1. The van der Waals surface area contributed by atoms with E-state index in [9.17, 15) is 0 Å². The van der Waals surface area contributed by atoms with Crippen molar-refractivity contribution in [3.05, 3.63) is 69.7 Å². The van der Waals surface area contributed by atoms with Gasteiger partial charge < -0.3 is 9.84 Å². The summed E-state index contributed by atoms with van der Waals surface area (Å²) in [6, 6.07) is 17.3. The van der Waals surface area contributed by atoms with E-state index in [1.54, 1.807) is 18.2 Å². The minimum atomic E-state index is -0.0845. The van der Waals surface area contributed by atoms with Gasteiger partial charge in [-0.2, -0.15) is 0 Å². The summed E-state index contributed by atoms with van der Waals surface area (Å²) in [5.41, 5.74) is 0.682. The molecule has 3 aromatic carbocycles. The van der Waals surface area contributed by atoms with Crippen LogP contribution in [0.5, 0.6) is 11.5 Å². The highest BCUT2D eigenvalue weighted by molar-refractivity contribution is 9.10. The second-order valence-corrected chi connectivity index (χ2v) is 5.81. The third-order valence-electron chi connectivity index (χ3n) is 3.25. The molecule has 0 radical (unpaired) electrons. The van der Waals surface area contributed by atoms with Gasteiger partial charge in [0.2, 0.25) is 0 Å². The van der Waals surface area contributed by atoms with E-state index in [2.05, 4.69) is 22.0 Å². The molecular formula is C17H12BrClO2. The summed E-state index contributed by atoms with van der Waals surface area (Å²) in [5, 5.41) is 11.9. The summed E-state index contributed by atoms with van der Waals surface area (Å²) in [4.78, 5) is 0. The Morgan fingerprint density at radius 3 is 2.62 bits per heavy atom. The number of hydrogen-bond donors (Lipinski definition) is 1. The normalized spacial score (nSPS) is 10.8. The summed E-state index contributed by atoms with van der Waals surface area (Å²) in [6.07, 6.45) is 0. The average molecular weight is 364 g/mol. The van der Waals surface area contributed by atoms with Gasteiger partial charge in [0, 0.05) is 5.02 Å². The predicted molar refractivity (Wildman–Crippen MR) is 89.1 cm³/mol. The first-order valence-electron chi connectivity index (χ1n) is 6.43. The van der Waals surface area contributed by atoms with Gasteiger partial charge in [-0.3, -0.25) is 0 Å². The van der Waals surface area contributed by atoms with E-state index < -0.39 is 0 Å². The van der Waals surface area contributed by atoms with E-state index in [0.717, 1.165) is 21.0 Å². The van der Waals surface area contributed by atoms with Crippen LogP contribution >= 0.6 is 27.5 Å². The van der Waals surface area contributed by atoms with Crippen molar-refractivity contribution in [3.63, 3.8) is 0 Å². The van der Waals surface area contributed by atoms with Crippen LogP contribution in [0.4, 0.5) is 0 Å². The van der Waals surface area contributed by atoms with Crippen LogP contribution in [0.25, 0.3) is 10.8 Å².